The van der Waals surface area contributed by atoms with Crippen LogP contribution in [-0.2, 0) is 11.2 Å². The molecule has 8 nitrogen and oxygen atoms in total. The van der Waals surface area contributed by atoms with Crippen molar-refractivity contribution < 1.29 is 9.59 Å². The number of nitrogens with two attached hydrogens (primary N) is 1. The summed E-state index contributed by atoms with van der Waals surface area (Å²) in [7, 11) is 0. The standard InChI is InChI=1S/C20H18N6O2/c1-2-18(27)24-13-4-3-5-14(9-13)26-11-16(19(21)25-26)17-8-12-6-7-22-20(28)15(12)10-23-17/h2-5,8-11H,1,6-7H2,(H2,21,25)(H,22,28)(H,24,27). The maximum Gasteiger partial charge on any atom is 0.253 e. The van der Waals surface area contributed by atoms with Crippen LogP contribution in [0.25, 0.3) is 16.9 Å². The highest BCUT2D eigenvalue weighted by molar-refractivity contribution is 5.99. The topological polar surface area (TPSA) is 115 Å². The molecule has 1 aliphatic rings. The van der Waals surface area contributed by atoms with Crippen LogP contribution in [0.5, 0.6) is 0 Å². The molecule has 0 unspecified atom stereocenters. The number of rotatable bonds is 4. The Balaban J connectivity index is 1.68. The summed E-state index contributed by atoms with van der Waals surface area (Å²) in [6, 6.07) is 9.09. The van der Waals surface area contributed by atoms with Crippen molar-refractivity contribution in [2.45, 2.75) is 6.42 Å². The zero-order chi connectivity index (χ0) is 19.7. The van der Waals surface area contributed by atoms with Gasteiger partial charge < -0.3 is 16.4 Å². The van der Waals surface area contributed by atoms with E-state index in [0.717, 1.165) is 17.7 Å². The smallest absolute Gasteiger partial charge is 0.253 e. The third-order valence-corrected chi connectivity index (χ3v) is 4.50. The lowest BCUT2D eigenvalue weighted by Gasteiger charge is -2.16. The fourth-order valence-corrected chi connectivity index (χ4v) is 3.10. The molecular weight excluding hydrogens is 356 g/mol. The van der Waals surface area contributed by atoms with Crippen LogP contribution in [0.3, 0.4) is 0 Å². The number of nitrogens with one attached hydrogen (secondary N) is 2. The molecule has 1 aromatic carbocycles. The second-order valence-corrected chi connectivity index (χ2v) is 6.35. The van der Waals surface area contributed by atoms with Crippen molar-refractivity contribution in [3.63, 3.8) is 0 Å². The van der Waals surface area contributed by atoms with E-state index in [1.165, 1.54) is 6.08 Å². The summed E-state index contributed by atoms with van der Waals surface area (Å²) >= 11 is 0. The second-order valence-electron chi connectivity index (χ2n) is 6.35. The van der Waals surface area contributed by atoms with Crippen molar-refractivity contribution >= 4 is 23.3 Å². The van der Waals surface area contributed by atoms with Crippen LogP contribution >= 0.6 is 0 Å². The van der Waals surface area contributed by atoms with Crippen LogP contribution in [0.2, 0.25) is 0 Å². The van der Waals surface area contributed by atoms with E-state index in [9.17, 15) is 9.59 Å². The quantitative estimate of drug-likeness (QED) is 0.604. The molecule has 0 saturated carbocycles. The molecule has 0 atom stereocenters. The minimum atomic E-state index is -0.292. The predicted molar refractivity (Wildman–Crippen MR) is 106 cm³/mol. The van der Waals surface area contributed by atoms with Crippen molar-refractivity contribution in [3.05, 3.63) is 66.5 Å². The molecule has 0 saturated heterocycles. The van der Waals surface area contributed by atoms with Crippen LogP contribution in [0, 0.1) is 0 Å². The molecule has 0 aliphatic carbocycles. The average molecular weight is 374 g/mol. The molecule has 0 spiro atoms. The Labute approximate surface area is 161 Å². The number of hydrogen-bond donors (Lipinski definition) is 3. The lowest BCUT2D eigenvalue weighted by atomic mass is 10.0. The predicted octanol–water partition coefficient (Wildman–Crippen LogP) is 1.93. The number of nitrogen functional groups attached to an aromatic ring is 1. The fraction of sp³-hybridized carbons (Fsp3) is 0.100. The Morgan fingerprint density at radius 2 is 2.18 bits per heavy atom. The van der Waals surface area contributed by atoms with Crippen molar-refractivity contribution in [1.82, 2.24) is 20.1 Å². The molecule has 4 N–H and O–H groups in total. The molecule has 1 aliphatic heterocycles. The maximum absolute atomic E-state index is 11.9. The molecule has 3 aromatic rings. The number of amides is 2. The van der Waals surface area contributed by atoms with E-state index in [4.69, 9.17) is 5.73 Å². The number of fused-ring (bicyclic) bond motifs is 1. The number of pyridine rings is 1. The summed E-state index contributed by atoms with van der Waals surface area (Å²) in [5, 5.41) is 9.88. The van der Waals surface area contributed by atoms with Gasteiger partial charge in [0, 0.05) is 24.6 Å². The van der Waals surface area contributed by atoms with Gasteiger partial charge in [-0.15, -0.1) is 5.10 Å². The Bertz CT molecular complexity index is 1100. The number of hydrogen-bond acceptors (Lipinski definition) is 5. The van der Waals surface area contributed by atoms with Gasteiger partial charge in [-0.05, 0) is 42.3 Å². The average Bonchev–Trinajstić information content (AvgIpc) is 3.10. The zero-order valence-corrected chi connectivity index (χ0v) is 15.0. The first kappa shape index (κ1) is 17.5. The summed E-state index contributed by atoms with van der Waals surface area (Å²) in [4.78, 5) is 27.8. The first-order valence-electron chi connectivity index (χ1n) is 8.71. The lowest BCUT2D eigenvalue weighted by molar-refractivity contribution is -0.111. The number of benzene rings is 1. The van der Waals surface area contributed by atoms with Gasteiger partial charge in [-0.25, -0.2) is 4.68 Å². The van der Waals surface area contributed by atoms with E-state index >= 15 is 0 Å². The number of carbonyl (C=O) groups excluding carboxylic acids is 2. The number of aromatic nitrogens is 3. The molecule has 140 valence electrons. The first-order valence-corrected chi connectivity index (χ1v) is 8.71. The fourth-order valence-electron chi connectivity index (χ4n) is 3.10. The van der Waals surface area contributed by atoms with Gasteiger partial charge in [-0.3, -0.25) is 14.6 Å². The van der Waals surface area contributed by atoms with Gasteiger partial charge in [0.2, 0.25) is 5.91 Å². The number of anilines is 2. The van der Waals surface area contributed by atoms with E-state index in [-0.39, 0.29) is 11.8 Å². The molecule has 0 radical (unpaired) electrons. The third-order valence-electron chi connectivity index (χ3n) is 4.50. The highest BCUT2D eigenvalue weighted by Crippen LogP contribution is 2.27. The van der Waals surface area contributed by atoms with Crippen molar-refractivity contribution in [2.75, 3.05) is 17.6 Å². The minimum Gasteiger partial charge on any atom is -0.382 e. The molecule has 28 heavy (non-hydrogen) atoms. The Morgan fingerprint density at radius 1 is 1.32 bits per heavy atom. The van der Waals surface area contributed by atoms with Gasteiger partial charge in [0.1, 0.15) is 0 Å². The highest BCUT2D eigenvalue weighted by atomic mass is 16.2. The van der Waals surface area contributed by atoms with Gasteiger partial charge in [-0.2, -0.15) is 0 Å². The normalized spacial score (nSPS) is 12.8. The van der Waals surface area contributed by atoms with Crippen LogP contribution in [0.4, 0.5) is 11.5 Å². The van der Waals surface area contributed by atoms with E-state index in [2.05, 4.69) is 27.3 Å². The van der Waals surface area contributed by atoms with Gasteiger partial charge in [0.15, 0.2) is 5.82 Å². The van der Waals surface area contributed by atoms with Gasteiger partial charge >= 0.3 is 0 Å². The molecule has 2 aromatic heterocycles. The SMILES string of the molecule is C=CC(=O)Nc1cccc(-n2cc(-c3cc4c(cn3)C(=O)NCC4)c(N)n2)c1. The summed E-state index contributed by atoms with van der Waals surface area (Å²) in [5.41, 5.74) is 10.3. The van der Waals surface area contributed by atoms with Gasteiger partial charge in [0.25, 0.3) is 5.91 Å². The third kappa shape index (κ3) is 3.23. The largest absolute Gasteiger partial charge is 0.382 e. The Hall–Kier alpha value is -3.94. The Morgan fingerprint density at radius 3 is 3.00 bits per heavy atom. The van der Waals surface area contributed by atoms with E-state index in [1.54, 1.807) is 35.3 Å². The van der Waals surface area contributed by atoms with Crippen LogP contribution < -0.4 is 16.4 Å². The Kier molecular flexibility index (Phi) is 4.36. The second kappa shape index (κ2) is 6.99. The molecular formula is C20H18N6O2. The maximum atomic E-state index is 11.9. The molecule has 0 fully saturated rings. The van der Waals surface area contributed by atoms with Crippen molar-refractivity contribution in [3.8, 4) is 16.9 Å². The molecule has 2 amide bonds. The van der Waals surface area contributed by atoms with E-state index < -0.39 is 0 Å². The van der Waals surface area contributed by atoms with Gasteiger partial charge in [0.05, 0.1) is 22.5 Å². The number of nitrogens with zero attached hydrogens (tertiary/aromatic N) is 3. The monoisotopic (exact) mass is 374 g/mol. The zero-order valence-electron chi connectivity index (χ0n) is 15.0. The summed E-state index contributed by atoms with van der Waals surface area (Å²) in [6.45, 7) is 4.05. The lowest BCUT2D eigenvalue weighted by Crippen LogP contribution is -2.31. The van der Waals surface area contributed by atoms with Gasteiger partial charge in [-0.1, -0.05) is 12.6 Å². The summed E-state index contributed by atoms with van der Waals surface area (Å²) in [6.07, 6.45) is 5.30. The van der Waals surface area contributed by atoms with E-state index in [0.29, 0.717) is 34.9 Å². The van der Waals surface area contributed by atoms with Crippen LogP contribution in [-0.4, -0.2) is 33.1 Å². The van der Waals surface area contributed by atoms with Crippen LogP contribution in [0.15, 0.2) is 55.4 Å². The molecule has 8 heteroatoms. The highest BCUT2D eigenvalue weighted by Gasteiger charge is 2.19. The van der Waals surface area contributed by atoms with Crippen molar-refractivity contribution in [1.29, 1.82) is 0 Å². The molecule has 3 heterocycles. The number of carbonyl (C=O) groups is 2. The molecule has 0 bridgehead atoms. The summed E-state index contributed by atoms with van der Waals surface area (Å²) in [5.74, 6) is -0.0734. The minimum absolute atomic E-state index is 0.109. The van der Waals surface area contributed by atoms with E-state index in [1.807, 2.05) is 12.1 Å². The summed E-state index contributed by atoms with van der Waals surface area (Å²) < 4.78 is 1.63. The first-order chi connectivity index (χ1) is 13.5. The van der Waals surface area contributed by atoms with Crippen molar-refractivity contribution in [2.24, 2.45) is 0 Å². The van der Waals surface area contributed by atoms with Crippen LogP contribution in [0.1, 0.15) is 15.9 Å². The molecule has 4 rings (SSSR count).